The van der Waals surface area contributed by atoms with E-state index in [1.807, 2.05) is 0 Å². The van der Waals surface area contributed by atoms with Crippen molar-refractivity contribution >= 4 is 28.8 Å². The second-order valence-electron chi connectivity index (χ2n) is 4.29. The van der Waals surface area contributed by atoms with E-state index in [-0.39, 0.29) is 35.6 Å². The molecule has 2 rings (SSSR count). The minimum absolute atomic E-state index is 0.0431. The molecule has 0 unspecified atom stereocenters. The summed E-state index contributed by atoms with van der Waals surface area (Å²) in [4.78, 5) is 35.6. The fraction of sp³-hybridized carbons (Fsp3) is 0.308. The Kier molecular flexibility index (Phi) is 4.39. The lowest BCUT2D eigenvalue weighted by Crippen LogP contribution is -2.37. The molecule has 1 heterocycles. The Bertz CT molecular complexity index is 561. The molecule has 0 radical (unpaired) electrons. The molecular formula is C13H13FN2O3S. The first-order valence-corrected chi connectivity index (χ1v) is 6.99. The van der Waals surface area contributed by atoms with Crippen LogP contribution in [0.1, 0.15) is 15.9 Å². The number of carbonyl (C=O) groups is 3. The van der Waals surface area contributed by atoms with Crippen LogP contribution in [0.25, 0.3) is 0 Å². The second-order valence-corrected chi connectivity index (χ2v) is 5.22. The van der Waals surface area contributed by atoms with Crippen LogP contribution in [-0.4, -0.2) is 40.8 Å². The summed E-state index contributed by atoms with van der Waals surface area (Å²) in [5, 5.41) is 2.19. The van der Waals surface area contributed by atoms with Gasteiger partial charge in [-0.2, -0.15) is 0 Å². The molecule has 0 aromatic heterocycles. The predicted molar refractivity (Wildman–Crippen MR) is 73.0 cm³/mol. The summed E-state index contributed by atoms with van der Waals surface area (Å²) in [5.41, 5.74) is 0.345. The summed E-state index contributed by atoms with van der Waals surface area (Å²) in [7, 11) is 0. The Balaban J connectivity index is 1.91. The van der Waals surface area contributed by atoms with Gasteiger partial charge >= 0.3 is 0 Å². The molecule has 0 spiro atoms. The van der Waals surface area contributed by atoms with E-state index in [0.29, 0.717) is 5.56 Å². The van der Waals surface area contributed by atoms with Gasteiger partial charge in [0.25, 0.3) is 11.1 Å². The number of rotatable bonds is 4. The van der Waals surface area contributed by atoms with Crippen molar-refractivity contribution < 1.29 is 18.8 Å². The van der Waals surface area contributed by atoms with Crippen molar-refractivity contribution in [3.8, 4) is 0 Å². The van der Waals surface area contributed by atoms with Gasteiger partial charge in [0, 0.05) is 13.1 Å². The third-order valence-electron chi connectivity index (χ3n) is 2.90. The highest BCUT2D eigenvalue weighted by molar-refractivity contribution is 8.14. The Hall–Kier alpha value is -1.89. The van der Waals surface area contributed by atoms with E-state index in [2.05, 4.69) is 5.32 Å². The molecule has 0 bridgehead atoms. The molecule has 0 atom stereocenters. The molecule has 0 aliphatic carbocycles. The molecule has 0 saturated carbocycles. The maximum absolute atomic E-state index is 13.7. The number of imide groups is 1. The van der Waals surface area contributed by atoms with Gasteiger partial charge < -0.3 is 5.32 Å². The maximum atomic E-state index is 13.7. The number of benzene rings is 1. The molecular weight excluding hydrogens is 283 g/mol. The Morgan fingerprint density at radius 1 is 1.45 bits per heavy atom. The summed E-state index contributed by atoms with van der Waals surface area (Å²) in [6.07, 6.45) is 0. The number of thioether (sulfide) groups is 1. The van der Waals surface area contributed by atoms with E-state index in [4.69, 9.17) is 0 Å². The first-order valence-electron chi connectivity index (χ1n) is 6.01. The average Bonchev–Trinajstić information content (AvgIpc) is 2.73. The zero-order valence-corrected chi connectivity index (χ0v) is 11.6. The van der Waals surface area contributed by atoms with Gasteiger partial charge in [-0.3, -0.25) is 19.3 Å². The highest BCUT2D eigenvalue weighted by Gasteiger charge is 2.29. The third-order valence-corrected chi connectivity index (χ3v) is 3.76. The van der Waals surface area contributed by atoms with Gasteiger partial charge in [0.2, 0.25) is 5.91 Å². The Morgan fingerprint density at radius 2 is 2.20 bits per heavy atom. The summed E-state index contributed by atoms with van der Waals surface area (Å²) >= 11 is 0.938. The molecule has 106 valence electrons. The Morgan fingerprint density at radius 3 is 2.85 bits per heavy atom. The lowest BCUT2D eigenvalue weighted by atomic mass is 10.1. The van der Waals surface area contributed by atoms with Crippen LogP contribution < -0.4 is 5.32 Å². The Labute approximate surface area is 119 Å². The van der Waals surface area contributed by atoms with Crippen molar-refractivity contribution in [2.75, 3.05) is 18.8 Å². The number of carbonyl (C=O) groups excluding carboxylic acids is 3. The quantitative estimate of drug-likeness (QED) is 0.915. The second kappa shape index (κ2) is 6.04. The van der Waals surface area contributed by atoms with Crippen LogP contribution in [0.5, 0.6) is 0 Å². The van der Waals surface area contributed by atoms with Crippen molar-refractivity contribution in [1.29, 1.82) is 0 Å². The number of hydrogen-bond acceptors (Lipinski definition) is 4. The molecule has 1 aromatic carbocycles. The van der Waals surface area contributed by atoms with Crippen LogP contribution in [0.2, 0.25) is 0 Å². The molecule has 1 saturated heterocycles. The van der Waals surface area contributed by atoms with Crippen molar-refractivity contribution in [2.45, 2.75) is 6.92 Å². The van der Waals surface area contributed by atoms with E-state index < -0.39 is 11.7 Å². The molecule has 1 aromatic rings. The highest BCUT2D eigenvalue weighted by Crippen LogP contribution is 2.17. The minimum Gasteiger partial charge on any atom is -0.350 e. The lowest BCUT2D eigenvalue weighted by molar-refractivity contribution is -0.124. The van der Waals surface area contributed by atoms with Crippen LogP contribution in [0.3, 0.4) is 0 Å². The van der Waals surface area contributed by atoms with Crippen LogP contribution in [-0.2, 0) is 4.79 Å². The van der Waals surface area contributed by atoms with Crippen molar-refractivity contribution in [3.63, 3.8) is 0 Å². The van der Waals surface area contributed by atoms with Crippen molar-refractivity contribution in [2.24, 2.45) is 0 Å². The first kappa shape index (κ1) is 14.5. The van der Waals surface area contributed by atoms with E-state index in [1.54, 1.807) is 19.1 Å². The summed E-state index contributed by atoms with van der Waals surface area (Å²) < 4.78 is 13.7. The summed E-state index contributed by atoms with van der Waals surface area (Å²) in [6, 6.07) is 4.56. The smallest absolute Gasteiger partial charge is 0.288 e. The summed E-state index contributed by atoms with van der Waals surface area (Å²) in [6.45, 7) is 1.78. The molecule has 5 nitrogen and oxygen atoms in total. The number of hydrogen-bond donors (Lipinski definition) is 1. The topological polar surface area (TPSA) is 66.5 Å². The fourth-order valence-electron chi connectivity index (χ4n) is 1.80. The van der Waals surface area contributed by atoms with Crippen molar-refractivity contribution in [1.82, 2.24) is 10.2 Å². The molecule has 1 N–H and O–H groups in total. The van der Waals surface area contributed by atoms with Crippen molar-refractivity contribution in [3.05, 3.63) is 35.1 Å². The van der Waals surface area contributed by atoms with Crippen LogP contribution in [0.15, 0.2) is 18.2 Å². The van der Waals surface area contributed by atoms with Crippen LogP contribution >= 0.6 is 11.8 Å². The van der Waals surface area contributed by atoms with Gasteiger partial charge in [-0.15, -0.1) is 0 Å². The third kappa shape index (κ3) is 2.98. The molecule has 1 aliphatic rings. The number of nitrogens with one attached hydrogen (secondary N) is 1. The normalized spacial score (nSPS) is 14.8. The van der Waals surface area contributed by atoms with E-state index in [1.165, 1.54) is 6.07 Å². The van der Waals surface area contributed by atoms with Gasteiger partial charge in [0.1, 0.15) is 5.82 Å². The number of aryl methyl sites for hydroxylation is 1. The molecule has 3 amide bonds. The fourth-order valence-corrected chi connectivity index (χ4v) is 2.55. The molecule has 1 aliphatic heterocycles. The number of amides is 3. The van der Waals surface area contributed by atoms with Gasteiger partial charge in [-0.05, 0) is 18.6 Å². The minimum atomic E-state index is -0.561. The van der Waals surface area contributed by atoms with E-state index in [9.17, 15) is 18.8 Å². The van der Waals surface area contributed by atoms with Crippen LogP contribution in [0, 0.1) is 12.7 Å². The monoisotopic (exact) mass is 296 g/mol. The van der Waals surface area contributed by atoms with E-state index in [0.717, 1.165) is 16.7 Å². The zero-order valence-electron chi connectivity index (χ0n) is 10.8. The van der Waals surface area contributed by atoms with E-state index >= 15 is 0 Å². The SMILES string of the molecule is Cc1cccc(C(=O)NCCN2C(=O)CSC2=O)c1F. The first-order chi connectivity index (χ1) is 9.50. The van der Waals surface area contributed by atoms with Gasteiger partial charge in [-0.25, -0.2) is 4.39 Å². The van der Waals surface area contributed by atoms with Gasteiger partial charge in [-0.1, -0.05) is 23.9 Å². The highest BCUT2D eigenvalue weighted by atomic mass is 32.2. The van der Waals surface area contributed by atoms with Gasteiger partial charge in [0.05, 0.1) is 11.3 Å². The largest absolute Gasteiger partial charge is 0.350 e. The number of halogens is 1. The predicted octanol–water partition coefficient (Wildman–Crippen LogP) is 1.56. The maximum Gasteiger partial charge on any atom is 0.288 e. The summed E-state index contributed by atoms with van der Waals surface area (Å²) in [5.74, 6) is -1.25. The number of nitrogens with zero attached hydrogens (tertiary/aromatic N) is 1. The van der Waals surface area contributed by atoms with Gasteiger partial charge in [0.15, 0.2) is 0 Å². The molecule has 7 heteroatoms. The average molecular weight is 296 g/mol. The lowest BCUT2D eigenvalue weighted by Gasteiger charge is -2.13. The van der Waals surface area contributed by atoms with Crippen LogP contribution in [0.4, 0.5) is 9.18 Å². The zero-order chi connectivity index (χ0) is 14.7. The molecule has 1 fully saturated rings. The molecule has 20 heavy (non-hydrogen) atoms. The standard InChI is InChI=1S/C13H13FN2O3S/c1-8-3-2-4-9(11(8)14)12(18)15-5-6-16-10(17)7-20-13(16)19/h2-4H,5-7H2,1H3,(H,15,18).